The molecular weight excluding hydrogens is 250 g/mol. The number of carbonyl (C=O) groups excluding carboxylic acids is 1. The molecule has 0 radical (unpaired) electrons. The van der Waals surface area contributed by atoms with E-state index in [2.05, 4.69) is 0 Å². The number of carbonyl (C=O) groups is 1. The van der Waals surface area contributed by atoms with Gasteiger partial charge in [-0.25, -0.2) is 0 Å². The molecule has 2 N–H and O–H groups in total. The van der Waals surface area contributed by atoms with Crippen LogP contribution in [0.1, 0.15) is 37.5 Å². The SMILES string of the molecule is Cc1ccc(C(CN)SCC(=O)OC(C)(C)C)o1. The number of thioether (sulfide) groups is 1. The molecule has 0 bridgehead atoms. The summed E-state index contributed by atoms with van der Waals surface area (Å²) < 4.78 is 10.8. The van der Waals surface area contributed by atoms with E-state index in [4.69, 9.17) is 14.9 Å². The third kappa shape index (κ3) is 5.14. The Hall–Kier alpha value is -0.940. The summed E-state index contributed by atoms with van der Waals surface area (Å²) in [4.78, 5) is 11.6. The average molecular weight is 271 g/mol. The van der Waals surface area contributed by atoms with Crippen molar-refractivity contribution in [1.82, 2.24) is 0 Å². The van der Waals surface area contributed by atoms with Crippen LogP contribution in [0.2, 0.25) is 0 Å². The lowest BCUT2D eigenvalue weighted by Crippen LogP contribution is -2.25. The normalized spacial score (nSPS) is 13.4. The predicted octanol–water partition coefficient (Wildman–Crippen LogP) is 2.66. The molecule has 0 aliphatic carbocycles. The number of hydrogen-bond donors (Lipinski definition) is 1. The van der Waals surface area contributed by atoms with E-state index in [9.17, 15) is 4.79 Å². The fraction of sp³-hybridized carbons (Fsp3) is 0.615. The second-order valence-corrected chi connectivity index (χ2v) is 6.26. The highest BCUT2D eigenvalue weighted by Crippen LogP contribution is 2.29. The topological polar surface area (TPSA) is 65.5 Å². The maximum Gasteiger partial charge on any atom is 0.316 e. The molecule has 1 atom stereocenters. The largest absolute Gasteiger partial charge is 0.465 e. The molecule has 102 valence electrons. The van der Waals surface area contributed by atoms with Gasteiger partial charge in [-0.15, -0.1) is 11.8 Å². The van der Waals surface area contributed by atoms with Crippen LogP contribution in [0.3, 0.4) is 0 Å². The number of rotatable bonds is 5. The summed E-state index contributed by atoms with van der Waals surface area (Å²) >= 11 is 1.44. The molecule has 0 amide bonds. The van der Waals surface area contributed by atoms with Gasteiger partial charge in [0.25, 0.3) is 0 Å². The lowest BCUT2D eigenvalue weighted by atomic mass is 10.2. The third-order valence-corrected chi connectivity index (χ3v) is 3.34. The van der Waals surface area contributed by atoms with Crippen molar-refractivity contribution in [3.8, 4) is 0 Å². The minimum Gasteiger partial charge on any atom is -0.465 e. The van der Waals surface area contributed by atoms with Gasteiger partial charge in [0.1, 0.15) is 17.1 Å². The Morgan fingerprint density at radius 1 is 1.50 bits per heavy atom. The molecular formula is C13H21NO3S. The van der Waals surface area contributed by atoms with E-state index >= 15 is 0 Å². The Labute approximate surface area is 112 Å². The van der Waals surface area contributed by atoms with Gasteiger partial charge in [0, 0.05) is 6.54 Å². The molecule has 0 aliphatic rings. The molecule has 0 saturated heterocycles. The van der Waals surface area contributed by atoms with Gasteiger partial charge in [-0.3, -0.25) is 4.79 Å². The number of nitrogens with two attached hydrogens (primary N) is 1. The van der Waals surface area contributed by atoms with Crippen LogP contribution in [0.5, 0.6) is 0 Å². The summed E-state index contributed by atoms with van der Waals surface area (Å²) in [6.07, 6.45) is 0. The maximum absolute atomic E-state index is 11.6. The van der Waals surface area contributed by atoms with Crippen LogP contribution in [0, 0.1) is 6.92 Å². The van der Waals surface area contributed by atoms with Crippen molar-refractivity contribution >= 4 is 17.7 Å². The van der Waals surface area contributed by atoms with Gasteiger partial charge >= 0.3 is 5.97 Å². The standard InChI is InChI=1S/C13H21NO3S/c1-9-5-6-10(16-9)11(7-14)18-8-12(15)17-13(2,3)4/h5-6,11H,7-8,14H2,1-4H3. The fourth-order valence-corrected chi connectivity index (χ4v) is 2.26. The lowest BCUT2D eigenvalue weighted by molar-refractivity contribution is -0.151. The first-order chi connectivity index (χ1) is 8.31. The Morgan fingerprint density at radius 3 is 2.61 bits per heavy atom. The molecule has 1 unspecified atom stereocenters. The molecule has 1 aromatic heterocycles. The summed E-state index contributed by atoms with van der Waals surface area (Å²) in [6.45, 7) is 7.87. The van der Waals surface area contributed by atoms with Crippen LogP contribution >= 0.6 is 11.8 Å². The Morgan fingerprint density at radius 2 is 2.17 bits per heavy atom. The molecule has 1 heterocycles. The Kier molecular flexibility index (Phi) is 5.28. The fourth-order valence-electron chi connectivity index (χ4n) is 1.43. The van der Waals surface area contributed by atoms with Crippen molar-refractivity contribution in [1.29, 1.82) is 0 Å². The van der Waals surface area contributed by atoms with Crippen molar-refractivity contribution in [2.45, 2.75) is 38.5 Å². The van der Waals surface area contributed by atoms with Crippen molar-refractivity contribution < 1.29 is 13.9 Å². The number of hydrogen-bond acceptors (Lipinski definition) is 5. The first kappa shape index (κ1) is 15.1. The van der Waals surface area contributed by atoms with Gasteiger partial charge < -0.3 is 14.9 Å². The van der Waals surface area contributed by atoms with Crippen LogP contribution in [0.15, 0.2) is 16.5 Å². The molecule has 1 rings (SSSR count). The zero-order valence-electron chi connectivity index (χ0n) is 11.4. The molecule has 0 aliphatic heterocycles. The molecule has 0 saturated carbocycles. The first-order valence-electron chi connectivity index (χ1n) is 5.91. The first-order valence-corrected chi connectivity index (χ1v) is 6.96. The summed E-state index contributed by atoms with van der Waals surface area (Å²) in [5.41, 5.74) is 5.25. The van der Waals surface area contributed by atoms with Crippen LogP contribution in [0.25, 0.3) is 0 Å². The Balaban J connectivity index is 2.48. The number of furan rings is 1. The van der Waals surface area contributed by atoms with Crippen molar-refractivity contribution in [2.75, 3.05) is 12.3 Å². The van der Waals surface area contributed by atoms with E-state index in [1.54, 1.807) is 0 Å². The number of esters is 1. The highest BCUT2D eigenvalue weighted by molar-refractivity contribution is 8.00. The number of aryl methyl sites for hydroxylation is 1. The van der Waals surface area contributed by atoms with Gasteiger partial charge in [0.05, 0.1) is 11.0 Å². The average Bonchev–Trinajstić information content (AvgIpc) is 2.63. The smallest absolute Gasteiger partial charge is 0.316 e. The van der Waals surface area contributed by atoms with Gasteiger partial charge in [-0.2, -0.15) is 0 Å². The van der Waals surface area contributed by atoms with Crippen LogP contribution < -0.4 is 5.73 Å². The van der Waals surface area contributed by atoms with E-state index in [0.29, 0.717) is 6.54 Å². The van der Waals surface area contributed by atoms with Gasteiger partial charge in [-0.1, -0.05) is 0 Å². The summed E-state index contributed by atoms with van der Waals surface area (Å²) in [6, 6.07) is 3.79. The van der Waals surface area contributed by atoms with Crippen molar-refractivity contribution in [2.24, 2.45) is 5.73 Å². The zero-order valence-corrected chi connectivity index (χ0v) is 12.2. The van der Waals surface area contributed by atoms with E-state index in [-0.39, 0.29) is 17.0 Å². The second-order valence-electron chi connectivity index (χ2n) is 5.07. The lowest BCUT2D eigenvalue weighted by Gasteiger charge is -2.20. The second kappa shape index (κ2) is 6.29. The Bertz CT molecular complexity index is 395. The molecule has 18 heavy (non-hydrogen) atoms. The highest BCUT2D eigenvalue weighted by Gasteiger charge is 2.20. The third-order valence-electron chi connectivity index (χ3n) is 2.11. The predicted molar refractivity (Wildman–Crippen MR) is 73.5 cm³/mol. The van der Waals surface area contributed by atoms with E-state index < -0.39 is 5.60 Å². The van der Waals surface area contributed by atoms with E-state index in [1.807, 2.05) is 39.8 Å². The molecule has 1 aromatic rings. The summed E-state index contributed by atoms with van der Waals surface area (Å²) in [5, 5.41) is -0.00813. The van der Waals surface area contributed by atoms with Crippen LogP contribution in [0.4, 0.5) is 0 Å². The minimum absolute atomic E-state index is 0.00813. The summed E-state index contributed by atoms with van der Waals surface area (Å²) in [5.74, 6) is 1.71. The summed E-state index contributed by atoms with van der Waals surface area (Å²) in [7, 11) is 0. The van der Waals surface area contributed by atoms with E-state index in [0.717, 1.165) is 11.5 Å². The van der Waals surface area contributed by atoms with Crippen LogP contribution in [-0.4, -0.2) is 23.9 Å². The molecule has 4 nitrogen and oxygen atoms in total. The van der Waals surface area contributed by atoms with E-state index in [1.165, 1.54) is 11.8 Å². The quantitative estimate of drug-likeness (QED) is 0.834. The van der Waals surface area contributed by atoms with Gasteiger partial charge in [0.15, 0.2) is 0 Å². The molecule has 0 fully saturated rings. The van der Waals surface area contributed by atoms with Gasteiger partial charge in [-0.05, 0) is 39.8 Å². The van der Waals surface area contributed by atoms with Crippen molar-refractivity contribution in [3.05, 3.63) is 23.7 Å². The highest BCUT2D eigenvalue weighted by atomic mass is 32.2. The molecule has 0 aromatic carbocycles. The number of ether oxygens (including phenoxy) is 1. The minimum atomic E-state index is -0.447. The van der Waals surface area contributed by atoms with Crippen molar-refractivity contribution in [3.63, 3.8) is 0 Å². The van der Waals surface area contributed by atoms with Crippen LogP contribution in [-0.2, 0) is 9.53 Å². The monoisotopic (exact) mass is 271 g/mol. The molecule has 5 heteroatoms. The zero-order chi connectivity index (χ0) is 13.8. The molecule has 0 spiro atoms. The maximum atomic E-state index is 11.6. The van der Waals surface area contributed by atoms with Gasteiger partial charge in [0.2, 0.25) is 0 Å².